The smallest absolute Gasteiger partial charge is 0.0178 e. The van der Waals surface area contributed by atoms with E-state index < -0.39 is 0 Å². The third kappa shape index (κ3) is 2.17. The van der Waals surface area contributed by atoms with Gasteiger partial charge in [0.1, 0.15) is 0 Å². The lowest BCUT2D eigenvalue weighted by molar-refractivity contribution is 0.178. The Morgan fingerprint density at radius 1 is 1.45 bits per heavy atom. The van der Waals surface area contributed by atoms with E-state index >= 15 is 0 Å². The van der Waals surface area contributed by atoms with Crippen LogP contribution in [-0.4, -0.2) is 18.6 Å². The quantitative estimate of drug-likeness (QED) is 0.588. The summed E-state index contributed by atoms with van der Waals surface area (Å²) < 4.78 is 0. The maximum Gasteiger partial charge on any atom is 0.0178 e. The first-order valence-electron chi connectivity index (χ1n) is 4.78. The van der Waals surface area contributed by atoms with Gasteiger partial charge in [-0.15, -0.1) is 0 Å². The minimum atomic E-state index is 0.509. The number of hydrogen-bond acceptors (Lipinski definition) is 2. The summed E-state index contributed by atoms with van der Waals surface area (Å²) in [5, 5.41) is 3.60. The molecule has 0 atom stereocenters. The molecule has 1 aliphatic rings. The van der Waals surface area contributed by atoms with Gasteiger partial charge in [-0.05, 0) is 45.2 Å². The van der Waals surface area contributed by atoms with Gasteiger partial charge in [-0.1, -0.05) is 6.92 Å². The zero-order valence-electron chi connectivity index (χ0n) is 7.53. The molecule has 0 spiro atoms. The molecule has 66 valence electrons. The molecule has 0 unspecified atom stereocenters. The summed E-state index contributed by atoms with van der Waals surface area (Å²) in [5.74, 6) is 0. The molecule has 0 aromatic rings. The van der Waals surface area contributed by atoms with Gasteiger partial charge in [0.05, 0.1) is 0 Å². The highest BCUT2D eigenvalue weighted by atomic mass is 15.0. The molecular formula is C9H20N2. The van der Waals surface area contributed by atoms with Crippen LogP contribution in [0.3, 0.4) is 0 Å². The molecule has 1 aliphatic carbocycles. The molecule has 0 aromatic heterocycles. The number of hydrogen-bond donors (Lipinski definition) is 2. The van der Waals surface area contributed by atoms with Gasteiger partial charge in [-0.2, -0.15) is 0 Å². The standard InChI is InChI=1S/C9H20N2/c1-2-9(5-3-6-9)11-8-4-7-10/h11H,2-8,10H2,1H3. The molecule has 1 rings (SSSR count). The Balaban J connectivity index is 2.11. The predicted octanol–water partition coefficient (Wildman–Crippen LogP) is 1.26. The average Bonchev–Trinajstić information content (AvgIpc) is 1.95. The summed E-state index contributed by atoms with van der Waals surface area (Å²) in [5.41, 5.74) is 5.93. The lowest BCUT2D eigenvalue weighted by Gasteiger charge is -2.42. The highest BCUT2D eigenvalue weighted by Gasteiger charge is 2.33. The summed E-state index contributed by atoms with van der Waals surface area (Å²) in [6.07, 6.45) is 6.53. The summed E-state index contributed by atoms with van der Waals surface area (Å²) in [4.78, 5) is 0. The van der Waals surface area contributed by atoms with E-state index in [1.165, 1.54) is 25.7 Å². The summed E-state index contributed by atoms with van der Waals surface area (Å²) in [7, 11) is 0. The molecule has 11 heavy (non-hydrogen) atoms. The van der Waals surface area contributed by atoms with Crippen molar-refractivity contribution in [1.29, 1.82) is 0 Å². The maximum atomic E-state index is 5.42. The lowest BCUT2D eigenvalue weighted by Crippen LogP contribution is -2.50. The Kier molecular flexibility index (Phi) is 3.34. The van der Waals surface area contributed by atoms with Crippen LogP contribution in [-0.2, 0) is 0 Å². The average molecular weight is 156 g/mol. The fourth-order valence-corrected chi connectivity index (χ4v) is 1.71. The van der Waals surface area contributed by atoms with Crippen molar-refractivity contribution in [3.8, 4) is 0 Å². The first-order valence-corrected chi connectivity index (χ1v) is 4.78. The van der Waals surface area contributed by atoms with Gasteiger partial charge in [0.2, 0.25) is 0 Å². The molecule has 0 saturated heterocycles. The molecule has 0 bridgehead atoms. The number of nitrogens with two attached hydrogens (primary N) is 1. The van der Waals surface area contributed by atoms with Gasteiger partial charge in [0.15, 0.2) is 0 Å². The van der Waals surface area contributed by atoms with Crippen LogP contribution >= 0.6 is 0 Å². The van der Waals surface area contributed by atoms with Crippen LogP contribution in [0.25, 0.3) is 0 Å². The highest BCUT2D eigenvalue weighted by molar-refractivity contribution is 4.94. The third-order valence-corrected chi connectivity index (χ3v) is 2.87. The topological polar surface area (TPSA) is 38.0 Å². The van der Waals surface area contributed by atoms with Crippen LogP contribution in [0.5, 0.6) is 0 Å². The lowest BCUT2D eigenvalue weighted by atomic mass is 9.75. The van der Waals surface area contributed by atoms with Gasteiger partial charge < -0.3 is 11.1 Å². The van der Waals surface area contributed by atoms with Crippen molar-refractivity contribution in [2.75, 3.05) is 13.1 Å². The van der Waals surface area contributed by atoms with Crippen molar-refractivity contribution < 1.29 is 0 Å². The van der Waals surface area contributed by atoms with E-state index in [-0.39, 0.29) is 0 Å². The maximum absolute atomic E-state index is 5.42. The van der Waals surface area contributed by atoms with Crippen LogP contribution in [0.1, 0.15) is 39.0 Å². The Hall–Kier alpha value is -0.0800. The number of rotatable bonds is 5. The van der Waals surface area contributed by atoms with E-state index in [1.54, 1.807) is 0 Å². The molecule has 2 heteroatoms. The van der Waals surface area contributed by atoms with Gasteiger partial charge in [0.25, 0.3) is 0 Å². The molecule has 0 aliphatic heterocycles. The van der Waals surface area contributed by atoms with Crippen molar-refractivity contribution in [3.63, 3.8) is 0 Å². The van der Waals surface area contributed by atoms with Crippen LogP contribution < -0.4 is 11.1 Å². The molecule has 1 fully saturated rings. The fraction of sp³-hybridized carbons (Fsp3) is 1.00. The van der Waals surface area contributed by atoms with Crippen LogP contribution in [0, 0.1) is 0 Å². The largest absolute Gasteiger partial charge is 0.330 e. The monoisotopic (exact) mass is 156 g/mol. The van der Waals surface area contributed by atoms with Gasteiger partial charge in [-0.25, -0.2) is 0 Å². The Labute approximate surface area is 69.5 Å². The first kappa shape index (κ1) is 9.01. The van der Waals surface area contributed by atoms with Crippen molar-refractivity contribution in [1.82, 2.24) is 5.32 Å². The molecule has 0 amide bonds. The summed E-state index contributed by atoms with van der Waals surface area (Å²) in [6, 6.07) is 0. The number of nitrogens with one attached hydrogen (secondary N) is 1. The van der Waals surface area contributed by atoms with E-state index in [1.807, 2.05) is 0 Å². The van der Waals surface area contributed by atoms with Gasteiger partial charge >= 0.3 is 0 Å². The molecule has 1 saturated carbocycles. The van der Waals surface area contributed by atoms with E-state index in [0.717, 1.165) is 19.5 Å². The summed E-state index contributed by atoms with van der Waals surface area (Å²) >= 11 is 0. The first-order chi connectivity index (χ1) is 5.33. The van der Waals surface area contributed by atoms with Crippen molar-refractivity contribution >= 4 is 0 Å². The third-order valence-electron chi connectivity index (χ3n) is 2.87. The second-order valence-corrected chi connectivity index (χ2v) is 3.56. The second kappa shape index (κ2) is 4.07. The van der Waals surface area contributed by atoms with Crippen LogP contribution in [0.4, 0.5) is 0 Å². The van der Waals surface area contributed by atoms with Gasteiger partial charge in [-0.3, -0.25) is 0 Å². The highest BCUT2D eigenvalue weighted by Crippen LogP contribution is 2.34. The summed E-state index contributed by atoms with van der Waals surface area (Å²) in [6.45, 7) is 4.19. The van der Waals surface area contributed by atoms with E-state index in [4.69, 9.17) is 5.73 Å². The molecule has 0 heterocycles. The minimum Gasteiger partial charge on any atom is -0.330 e. The SMILES string of the molecule is CCC1(NCCCN)CCC1. The Morgan fingerprint density at radius 2 is 2.18 bits per heavy atom. The minimum absolute atomic E-state index is 0.509. The second-order valence-electron chi connectivity index (χ2n) is 3.56. The van der Waals surface area contributed by atoms with Gasteiger partial charge in [0, 0.05) is 5.54 Å². The molecular weight excluding hydrogens is 136 g/mol. The van der Waals surface area contributed by atoms with Crippen molar-refractivity contribution in [2.45, 2.75) is 44.6 Å². The molecule has 0 aromatic carbocycles. The van der Waals surface area contributed by atoms with E-state index in [0.29, 0.717) is 5.54 Å². The van der Waals surface area contributed by atoms with E-state index in [9.17, 15) is 0 Å². The van der Waals surface area contributed by atoms with E-state index in [2.05, 4.69) is 12.2 Å². The Morgan fingerprint density at radius 3 is 2.55 bits per heavy atom. The zero-order valence-corrected chi connectivity index (χ0v) is 7.53. The predicted molar refractivity (Wildman–Crippen MR) is 48.5 cm³/mol. The normalized spacial score (nSPS) is 21.3. The van der Waals surface area contributed by atoms with Crippen molar-refractivity contribution in [3.05, 3.63) is 0 Å². The van der Waals surface area contributed by atoms with Crippen LogP contribution in [0.15, 0.2) is 0 Å². The molecule has 0 radical (unpaired) electrons. The zero-order chi connectivity index (χ0) is 8.16. The van der Waals surface area contributed by atoms with Crippen molar-refractivity contribution in [2.24, 2.45) is 5.73 Å². The Bertz CT molecular complexity index is 103. The molecule has 2 nitrogen and oxygen atoms in total. The van der Waals surface area contributed by atoms with Crippen LogP contribution in [0.2, 0.25) is 0 Å². The molecule has 3 N–H and O–H groups in total. The fourth-order valence-electron chi connectivity index (χ4n) is 1.71.